The van der Waals surface area contributed by atoms with Crippen molar-refractivity contribution in [3.63, 3.8) is 0 Å². The van der Waals surface area contributed by atoms with Crippen molar-refractivity contribution >= 4 is 21.7 Å². The molecule has 7 heteroatoms. The van der Waals surface area contributed by atoms with Crippen molar-refractivity contribution in [2.45, 2.75) is 12.8 Å². The van der Waals surface area contributed by atoms with E-state index >= 15 is 0 Å². The fourth-order valence-corrected chi connectivity index (χ4v) is 4.66. The van der Waals surface area contributed by atoms with E-state index in [-0.39, 0.29) is 48.0 Å². The molecule has 1 heterocycles. The van der Waals surface area contributed by atoms with E-state index < -0.39 is 9.84 Å². The van der Waals surface area contributed by atoms with Gasteiger partial charge in [-0.3, -0.25) is 9.59 Å². The summed E-state index contributed by atoms with van der Waals surface area (Å²) in [7, 11) is -3.18. The fraction of sp³-hybridized carbons (Fsp3) is 0.571. The van der Waals surface area contributed by atoms with Gasteiger partial charge in [-0.15, -0.1) is 13.2 Å². The molecule has 0 bridgehead atoms. The monoisotopic (exact) mass is 314 g/mol. The molecule has 0 aromatic rings. The maximum atomic E-state index is 11.7. The SMILES string of the molecule is C=CCNC(=O)CC1CS(=O)(=O)CC1CC(=O)NCC=C. The Morgan fingerprint density at radius 1 is 0.952 bits per heavy atom. The third-order valence-electron chi connectivity index (χ3n) is 3.38. The van der Waals surface area contributed by atoms with Crippen LogP contribution in [0.3, 0.4) is 0 Å². The molecule has 0 aliphatic carbocycles. The van der Waals surface area contributed by atoms with Crippen LogP contribution >= 0.6 is 0 Å². The first-order valence-corrected chi connectivity index (χ1v) is 8.65. The molecule has 21 heavy (non-hydrogen) atoms. The highest BCUT2D eigenvalue weighted by Gasteiger charge is 2.39. The number of rotatable bonds is 8. The number of nitrogens with one attached hydrogen (secondary N) is 2. The summed E-state index contributed by atoms with van der Waals surface area (Å²) in [6, 6.07) is 0. The molecule has 1 fully saturated rings. The molecule has 0 saturated carbocycles. The van der Waals surface area contributed by atoms with Crippen LogP contribution in [0.2, 0.25) is 0 Å². The molecular formula is C14H22N2O4S. The normalized spacial score (nSPS) is 23.2. The third kappa shape index (κ3) is 6.12. The lowest BCUT2D eigenvalue weighted by Crippen LogP contribution is -2.31. The molecule has 0 aromatic carbocycles. The number of carbonyl (C=O) groups excluding carboxylic acids is 2. The second-order valence-corrected chi connectivity index (χ2v) is 7.34. The van der Waals surface area contributed by atoms with E-state index in [2.05, 4.69) is 23.8 Å². The van der Waals surface area contributed by atoms with Crippen LogP contribution in [0.15, 0.2) is 25.3 Å². The lowest BCUT2D eigenvalue weighted by atomic mass is 9.89. The average Bonchev–Trinajstić information content (AvgIpc) is 2.68. The average molecular weight is 314 g/mol. The van der Waals surface area contributed by atoms with E-state index in [9.17, 15) is 18.0 Å². The maximum Gasteiger partial charge on any atom is 0.220 e. The Labute approximate surface area is 125 Å². The van der Waals surface area contributed by atoms with Gasteiger partial charge in [-0.1, -0.05) is 12.2 Å². The van der Waals surface area contributed by atoms with Crippen molar-refractivity contribution in [1.29, 1.82) is 0 Å². The molecular weight excluding hydrogens is 292 g/mol. The summed E-state index contributed by atoms with van der Waals surface area (Å²) in [5.41, 5.74) is 0. The largest absolute Gasteiger partial charge is 0.353 e. The molecule has 2 amide bonds. The minimum absolute atomic E-state index is 0.0338. The van der Waals surface area contributed by atoms with E-state index in [4.69, 9.17) is 0 Å². The minimum Gasteiger partial charge on any atom is -0.353 e. The molecule has 0 spiro atoms. The lowest BCUT2D eigenvalue weighted by Gasteiger charge is -2.17. The summed E-state index contributed by atoms with van der Waals surface area (Å²) in [4.78, 5) is 23.4. The van der Waals surface area contributed by atoms with Gasteiger partial charge in [0.15, 0.2) is 9.84 Å². The highest BCUT2D eigenvalue weighted by molar-refractivity contribution is 7.91. The van der Waals surface area contributed by atoms with Crippen LogP contribution in [0.4, 0.5) is 0 Å². The fourth-order valence-electron chi connectivity index (χ4n) is 2.44. The zero-order valence-corrected chi connectivity index (χ0v) is 12.8. The molecule has 0 radical (unpaired) electrons. The maximum absolute atomic E-state index is 11.7. The number of hydrogen-bond donors (Lipinski definition) is 2. The standard InChI is InChI=1S/C14H22N2O4S/c1-3-5-15-13(17)7-11-9-21(19,20)10-12(11)8-14(18)16-6-4-2/h3-4,11-12H,1-2,5-10H2,(H,15,17)(H,16,18). The zero-order valence-electron chi connectivity index (χ0n) is 12.0. The Morgan fingerprint density at radius 2 is 1.33 bits per heavy atom. The number of sulfone groups is 1. The van der Waals surface area contributed by atoms with E-state index in [1.54, 1.807) is 12.2 Å². The molecule has 1 rings (SSSR count). The Kier molecular flexibility index (Phi) is 6.61. The van der Waals surface area contributed by atoms with Crippen molar-refractivity contribution in [1.82, 2.24) is 10.6 Å². The topological polar surface area (TPSA) is 92.3 Å². The van der Waals surface area contributed by atoms with Crippen molar-refractivity contribution in [2.75, 3.05) is 24.6 Å². The molecule has 2 atom stereocenters. The van der Waals surface area contributed by atoms with Crippen LogP contribution in [0.1, 0.15) is 12.8 Å². The molecule has 1 aliphatic rings. The minimum atomic E-state index is -3.18. The van der Waals surface area contributed by atoms with Gasteiger partial charge in [-0.05, 0) is 11.8 Å². The van der Waals surface area contributed by atoms with Crippen LogP contribution in [0, 0.1) is 11.8 Å². The number of hydrogen-bond acceptors (Lipinski definition) is 4. The van der Waals surface area contributed by atoms with Gasteiger partial charge in [-0.2, -0.15) is 0 Å². The molecule has 2 unspecified atom stereocenters. The van der Waals surface area contributed by atoms with Crippen molar-refractivity contribution in [3.05, 3.63) is 25.3 Å². The highest BCUT2D eigenvalue weighted by Crippen LogP contribution is 2.30. The summed E-state index contributed by atoms with van der Waals surface area (Å²) in [5.74, 6) is -1.12. The van der Waals surface area contributed by atoms with Gasteiger partial charge in [0.2, 0.25) is 11.8 Å². The molecule has 1 saturated heterocycles. The molecule has 118 valence electrons. The highest BCUT2D eigenvalue weighted by atomic mass is 32.2. The first kappa shape index (κ1) is 17.4. The van der Waals surface area contributed by atoms with Gasteiger partial charge in [0.25, 0.3) is 0 Å². The second kappa shape index (κ2) is 7.97. The van der Waals surface area contributed by atoms with Crippen LogP contribution in [0.25, 0.3) is 0 Å². The smallest absolute Gasteiger partial charge is 0.220 e. The number of carbonyl (C=O) groups is 2. The second-order valence-electron chi connectivity index (χ2n) is 5.19. The molecule has 0 aromatic heterocycles. The summed E-state index contributed by atoms with van der Waals surface area (Å²) < 4.78 is 23.5. The Hall–Kier alpha value is -1.63. The van der Waals surface area contributed by atoms with Crippen molar-refractivity contribution in [2.24, 2.45) is 11.8 Å². The van der Waals surface area contributed by atoms with Crippen LogP contribution < -0.4 is 10.6 Å². The number of amides is 2. The van der Waals surface area contributed by atoms with E-state index in [1.807, 2.05) is 0 Å². The molecule has 6 nitrogen and oxygen atoms in total. The summed E-state index contributed by atoms with van der Waals surface area (Å²) in [6.45, 7) is 7.70. The predicted octanol–water partition coefficient (Wildman–Crippen LogP) is 0.0318. The van der Waals surface area contributed by atoms with E-state index in [0.29, 0.717) is 13.1 Å². The Bertz CT molecular complexity index is 473. The van der Waals surface area contributed by atoms with Gasteiger partial charge in [0.1, 0.15) is 0 Å². The lowest BCUT2D eigenvalue weighted by molar-refractivity contribution is -0.124. The van der Waals surface area contributed by atoms with Gasteiger partial charge in [0.05, 0.1) is 11.5 Å². The van der Waals surface area contributed by atoms with Gasteiger partial charge >= 0.3 is 0 Å². The predicted molar refractivity (Wildman–Crippen MR) is 81.3 cm³/mol. The van der Waals surface area contributed by atoms with E-state index in [1.165, 1.54) is 0 Å². The van der Waals surface area contributed by atoms with Crippen LogP contribution in [0.5, 0.6) is 0 Å². The van der Waals surface area contributed by atoms with E-state index in [0.717, 1.165) is 0 Å². The quantitative estimate of drug-likeness (QED) is 0.618. The van der Waals surface area contributed by atoms with Crippen LogP contribution in [-0.2, 0) is 19.4 Å². The summed E-state index contributed by atoms with van der Waals surface area (Å²) >= 11 is 0. The Morgan fingerprint density at radius 3 is 1.67 bits per heavy atom. The summed E-state index contributed by atoms with van der Waals surface area (Å²) in [6.07, 6.45) is 3.35. The zero-order chi connectivity index (χ0) is 15.9. The molecule has 2 N–H and O–H groups in total. The van der Waals surface area contributed by atoms with Crippen molar-refractivity contribution in [3.8, 4) is 0 Å². The van der Waals surface area contributed by atoms with Crippen molar-refractivity contribution < 1.29 is 18.0 Å². The first-order chi connectivity index (χ1) is 9.88. The van der Waals surface area contributed by atoms with Gasteiger partial charge < -0.3 is 10.6 Å². The van der Waals surface area contributed by atoms with Gasteiger partial charge in [0, 0.05) is 25.9 Å². The first-order valence-electron chi connectivity index (χ1n) is 6.83. The summed E-state index contributed by atoms with van der Waals surface area (Å²) in [5, 5.41) is 5.26. The molecule has 1 aliphatic heterocycles. The third-order valence-corrected chi connectivity index (χ3v) is 5.26. The Balaban J connectivity index is 2.61. The van der Waals surface area contributed by atoms with Crippen LogP contribution in [-0.4, -0.2) is 44.8 Å². The van der Waals surface area contributed by atoms with Gasteiger partial charge in [-0.25, -0.2) is 8.42 Å².